The lowest BCUT2D eigenvalue weighted by molar-refractivity contribution is -0.132. The van der Waals surface area contributed by atoms with Crippen LogP contribution in [0.4, 0.5) is 0 Å². The van der Waals surface area contributed by atoms with E-state index in [1.165, 1.54) is 6.92 Å². The lowest BCUT2D eigenvalue weighted by atomic mass is 9.96. The molecular weight excluding hydrogens is 184 g/mol. The van der Waals surface area contributed by atoms with Crippen molar-refractivity contribution in [2.75, 3.05) is 0 Å². The van der Waals surface area contributed by atoms with E-state index in [9.17, 15) is 9.90 Å². The van der Waals surface area contributed by atoms with Gasteiger partial charge in [-0.3, -0.25) is 0 Å². The molecule has 0 bridgehead atoms. The highest BCUT2D eigenvalue weighted by Crippen LogP contribution is 2.18. The van der Waals surface area contributed by atoms with Crippen LogP contribution in [-0.2, 0) is 4.79 Å². The number of hydrogen-bond acceptors (Lipinski definition) is 3. The van der Waals surface area contributed by atoms with Gasteiger partial charge in [0.2, 0.25) is 0 Å². The first-order chi connectivity index (χ1) is 6.40. The zero-order valence-electron chi connectivity index (χ0n) is 8.82. The van der Waals surface area contributed by atoms with Gasteiger partial charge >= 0.3 is 5.97 Å². The van der Waals surface area contributed by atoms with Crippen LogP contribution in [0.3, 0.4) is 0 Å². The van der Waals surface area contributed by atoms with Gasteiger partial charge in [-0.15, -0.1) is 0 Å². The van der Waals surface area contributed by atoms with E-state index in [1.54, 1.807) is 13.8 Å². The molecule has 82 valence electrons. The lowest BCUT2D eigenvalue weighted by Gasteiger charge is -2.16. The molecule has 0 spiro atoms. The second-order valence-electron chi connectivity index (χ2n) is 3.43. The molecule has 0 saturated heterocycles. The van der Waals surface area contributed by atoms with Gasteiger partial charge in [-0.2, -0.15) is 0 Å². The van der Waals surface area contributed by atoms with E-state index in [0.717, 1.165) is 0 Å². The Morgan fingerprint density at radius 3 is 2.14 bits per heavy atom. The molecule has 0 aromatic heterocycles. The minimum Gasteiger partial charge on any atom is -0.478 e. The summed E-state index contributed by atoms with van der Waals surface area (Å²) < 4.78 is 0. The Balaban J connectivity index is 4.88. The maximum absolute atomic E-state index is 10.7. The van der Waals surface area contributed by atoms with Crippen LogP contribution in [0.25, 0.3) is 0 Å². The van der Waals surface area contributed by atoms with Crippen molar-refractivity contribution in [3.63, 3.8) is 0 Å². The van der Waals surface area contributed by atoms with Gasteiger partial charge in [-0.1, -0.05) is 6.92 Å². The number of rotatable bonds is 5. The second-order valence-corrected chi connectivity index (χ2v) is 3.43. The molecule has 2 unspecified atom stereocenters. The maximum atomic E-state index is 10.7. The van der Waals surface area contributed by atoms with Crippen LogP contribution in [0.2, 0.25) is 0 Å². The maximum Gasteiger partial charge on any atom is 0.331 e. The van der Waals surface area contributed by atoms with Crippen molar-refractivity contribution in [1.82, 2.24) is 0 Å². The Morgan fingerprint density at radius 2 is 1.86 bits per heavy atom. The van der Waals surface area contributed by atoms with E-state index < -0.39 is 18.2 Å². The van der Waals surface area contributed by atoms with Crippen LogP contribution in [0.1, 0.15) is 33.6 Å². The highest BCUT2D eigenvalue weighted by Gasteiger charge is 2.17. The topological polar surface area (TPSA) is 77.8 Å². The van der Waals surface area contributed by atoms with Gasteiger partial charge in [0.1, 0.15) is 0 Å². The molecule has 0 aromatic rings. The molecule has 2 atom stereocenters. The minimum atomic E-state index is -1.05. The number of hydrogen-bond donors (Lipinski definition) is 3. The van der Waals surface area contributed by atoms with Crippen molar-refractivity contribution >= 4 is 5.97 Å². The lowest BCUT2D eigenvalue weighted by Crippen LogP contribution is -2.18. The van der Waals surface area contributed by atoms with Crippen molar-refractivity contribution in [3.8, 4) is 0 Å². The number of carboxylic acids is 1. The van der Waals surface area contributed by atoms with Crippen LogP contribution in [-0.4, -0.2) is 33.5 Å². The predicted molar refractivity (Wildman–Crippen MR) is 52.9 cm³/mol. The zero-order valence-corrected chi connectivity index (χ0v) is 8.82. The molecule has 0 saturated carbocycles. The molecule has 0 aliphatic carbocycles. The Labute approximate surface area is 83.9 Å². The van der Waals surface area contributed by atoms with Crippen LogP contribution < -0.4 is 0 Å². The summed E-state index contributed by atoms with van der Waals surface area (Å²) in [6, 6.07) is 0. The van der Waals surface area contributed by atoms with E-state index >= 15 is 0 Å². The van der Waals surface area contributed by atoms with E-state index in [1.807, 2.05) is 0 Å². The third kappa shape index (κ3) is 3.89. The van der Waals surface area contributed by atoms with Crippen molar-refractivity contribution in [3.05, 3.63) is 11.1 Å². The molecule has 0 heterocycles. The summed E-state index contributed by atoms with van der Waals surface area (Å²) in [6.07, 6.45) is -0.763. The Hall–Kier alpha value is -0.870. The fraction of sp³-hybridized carbons (Fsp3) is 0.700. The molecule has 0 amide bonds. The van der Waals surface area contributed by atoms with Crippen molar-refractivity contribution in [1.29, 1.82) is 0 Å². The minimum absolute atomic E-state index is 0.125. The summed E-state index contributed by atoms with van der Waals surface area (Å²) in [5, 5.41) is 27.5. The molecule has 14 heavy (non-hydrogen) atoms. The van der Waals surface area contributed by atoms with Gasteiger partial charge in [-0.05, 0) is 32.3 Å². The van der Waals surface area contributed by atoms with Crippen molar-refractivity contribution in [2.45, 2.75) is 45.8 Å². The zero-order chi connectivity index (χ0) is 11.3. The molecule has 0 aliphatic rings. The first-order valence-electron chi connectivity index (χ1n) is 4.69. The molecular formula is C10H18O4. The largest absolute Gasteiger partial charge is 0.478 e. The number of aliphatic hydroxyl groups excluding tert-OH is 2. The van der Waals surface area contributed by atoms with Crippen LogP contribution in [0.5, 0.6) is 0 Å². The van der Waals surface area contributed by atoms with Gasteiger partial charge in [0, 0.05) is 5.57 Å². The van der Waals surface area contributed by atoms with E-state index in [2.05, 4.69) is 0 Å². The molecule has 0 rings (SSSR count). The Morgan fingerprint density at radius 1 is 1.36 bits per heavy atom. The monoisotopic (exact) mass is 202 g/mol. The first-order valence-corrected chi connectivity index (χ1v) is 4.69. The quantitative estimate of drug-likeness (QED) is 0.579. The summed E-state index contributed by atoms with van der Waals surface area (Å²) in [6.45, 7) is 4.78. The normalized spacial score (nSPS) is 17.2. The summed E-state index contributed by atoms with van der Waals surface area (Å²) in [5.74, 6) is -1.05. The van der Waals surface area contributed by atoms with E-state index in [-0.39, 0.29) is 12.0 Å². The van der Waals surface area contributed by atoms with Crippen molar-refractivity contribution in [2.24, 2.45) is 0 Å². The SMILES string of the molecule is CCC(O)C(CC(C)O)=C(C)C(=O)O. The van der Waals surface area contributed by atoms with Gasteiger partial charge in [0.25, 0.3) is 0 Å². The fourth-order valence-electron chi connectivity index (χ4n) is 1.24. The predicted octanol–water partition coefficient (Wildman–Crippen LogP) is 0.929. The average molecular weight is 202 g/mol. The molecule has 4 heteroatoms. The van der Waals surface area contributed by atoms with E-state index in [4.69, 9.17) is 10.2 Å². The molecule has 0 aliphatic heterocycles. The number of carbonyl (C=O) groups is 1. The van der Waals surface area contributed by atoms with Gasteiger partial charge in [0.05, 0.1) is 12.2 Å². The van der Waals surface area contributed by atoms with E-state index in [0.29, 0.717) is 12.0 Å². The number of carboxylic acid groups (broad SMARTS) is 1. The molecule has 4 nitrogen and oxygen atoms in total. The smallest absolute Gasteiger partial charge is 0.331 e. The molecule has 3 N–H and O–H groups in total. The van der Waals surface area contributed by atoms with Crippen LogP contribution in [0, 0.1) is 0 Å². The van der Waals surface area contributed by atoms with Crippen LogP contribution >= 0.6 is 0 Å². The summed E-state index contributed by atoms with van der Waals surface area (Å²) in [5.41, 5.74) is 0.537. The fourth-order valence-corrected chi connectivity index (χ4v) is 1.24. The summed E-state index contributed by atoms with van der Waals surface area (Å²) in [7, 11) is 0. The average Bonchev–Trinajstić information content (AvgIpc) is 2.11. The van der Waals surface area contributed by atoms with Crippen molar-refractivity contribution < 1.29 is 20.1 Å². The van der Waals surface area contributed by atoms with Gasteiger partial charge in [0.15, 0.2) is 0 Å². The number of aliphatic carboxylic acids is 1. The summed E-state index contributed by atoms with van der Waals surface area (Å²) >= 11 is 0. The molecule has 0 aromatic carbocycles. The Bertz CT molecular complexity index is 230. The highest BCUT2D eigenvalue weighted by molar-refractivity contribution is 5.87. The first kappa shape index (κ1) is 13.1. The third-order valence-electron chi connectivity index (χ3n) is 2.11. The number of aliphatic hydroxyl groups is 2. The standard InChI is InChI=1S/C10H18O4/c1-4-9(12)8(5-6(2)11)7(3)10(13)14/h6,9,11-12H,4-5H2,1-3H3,(H,13,14). The third-order valence-corrected chi connectivity index (χ3v) is 2.11. The van der Waals surface area contributed by atoms with Crippen LogP contribution in [0.15, 0.2) is 11.1 Å². The van der Waals surface area contributed by atoms with Gasteiger partial charge < -0.3 is 15.3 Å². The highest BCUT2D eigenvalue weighted by atomic mass is 16.4. The molecule has 0 radical (unpaired) electrons. The second kappa shape index (κ2) is 5.78. The Kier molecular flexibility index (Phi) is 5.42. The summed E-state index contributed by atoms with van der Waals surface area (Å²) in [4.78, 5) is 10.7. The molecule has 0 fully saturated rings. The van der Waals surface area contributed by atoms with Gasteiger partial charge in [-0.25, -0.2) is 4.79 Å².